The van der Waals surface area contributed by atoms with Gasteiger partial charge >= 0.3 is 0 Å². The van der Waals surface area contributed by atoms with Gasteiger partial charge in [-0.05, 0) is 6.26 Å². The number of rotatable bonds is 5. The summed E-state index contributed by atoms with van der Waals surface area (Å²) in [4.78, 5) is 6.57. The zero-order chi connectivity index (χ0) is 13.4. The van der Waals surface area contributed by atoms with Crippen LogP contribution in [0.5, 0.6) is 0 Å². The molecule has 0 amide bonds. The van der Waals surface area contributed by atoms with Crippen molar-refractivity contribution < 1.29 is 9.47 Å². The van der Waals surface area contributed by atoms with Crippen LogP contribution in [0.4, 0.5) is 0 Å². The Hall–Kier alpha value is 0.270. The molecule has 1 saturated heterocycles. The predicted molar refractivity (Wildman–Crippen MR) is 92.9 cm³/mol. The molecule has 0 radical (unpaired) electrons. The minimum absolute atomic E-state index is 0. The number of halogens is 1. The number of aliphatic imine (C=N–C) groups is 1. The molecule has 2 atom stereocenters. The molecule has 5 nitrogen and oxygen atoms in total. The van der Waals surface area contributed by atoms with Gasteiger partial charge in [-0.3, -0.25) is 4.99 Å². The van der Waals surface area contributed by atoms with E-state index in [2.05, 4.69) is 28.4 Å². The molecule has 1 fully saturated rings. The van der Waals surface area contributed by atoms with Crippen LogP contribution in [0.15, 0.2) is 4.99 Å². The van der Waals surface area contributed by atoms with Gasteiger partial charge in [-0.2, -0.15) is 11.8 Å². The standard InChI is InChI=1S/C12H25N3O2S.HI/c1-10(18-4)7-14-12(13-2)15-5-6-17-11(8-15)9-16-3;/h10-11H,5-9H2,1-4H3,(H,13,14);1H. The predicted octanol–water partition coefficient (Wildman–Crippen LogP) is 1.28. The first kappa shape index (κ1) is 19.3. The maximum Gasteiger partial charge on any atom is 0.193 e. The minimum Gasteiger partial charge on any atom is -0.382 e. The van der Waals surface area contributed by atoms with Crippen LogP contribution in [0.25, 0.3) is 0 Å². The molecule has 0 aromatic heterocycles. The van der Waals surface area contributed by atoms with Crippen LogP contribution >= 0.6 is 35.7 Å². The highest BCUT2D eigenvalue weighted by Gasteiger charge is 2.22. The molecule has 1 aliphatic rings. The summed E-state index contributed by atoms with van der Waals surface area (Å²) in [5, 5.41) is 3.99. The monoisotopic (exact) mass is 403 g/mol. The first-order valence-corrected chi connectivity index (χ1v) is 7.59. The van der Waals surface area contributed by atoms with Crippen LogP contribution in [-0.4, -0.2) is 75.5 Å². The molecule has 1 aliphatic heterocycles. The van der Waals surface area contributed by atoms with Crippen LogP contribution in [0.2, 0.25) is 0 Å². The van der Waals surface area contributed by atoms with Gasteiger partial charge in [0.25, 0.3) is 0 Å². The Balaban J connectivity index is 0.00000324. The SMILES string of the molecule is CN=C(NCC(C)SC)N1CCOC(COC)C1.I. The summed E-state index contributed by atoms with van der Waals surface area (Å²) in [5.41, 5.74) is 0. The summed E-state index contributed by atoms with van der Waals surface area (Å²) >= 11 is 1.85. The first-order valence-electron chi connectivity index (χ1n) is 6.30. The zero-order valence-corrected chi connectivity index (χ0v) is 15.4. The molecule has 19 heavy (non-hydrogen) atoms. The van der Waals surface area contributed by atoms with E-state index in [1.165, 1.54) is 0 Å². The number of morpholine rings is 1. The Morgan fingerprint density at radius 3 is 2.95 bits per heavy atom. The quantitative estimate of drug-likeness (QED) is 0.426. The number of hydrogen-bond acceptors (Lipinski definition) is 4. The van der Waals surface area contributed by atoms with Crippen LogP contribution in [0, 0.1) is 0 Å². The molecule has 7 heteroatoms. The summed E-state index contributed by atoms with van der Waals surface area (Å²) in [6.07, 6.45) is 2.26. The highest BCUT2D eigenvalue weighted by atomic mass is 127. The van der Waals surface area contributed by atoms with Crippen molar-refractivity contribution in [1.82, 2.24) is 10.2 Å². The fourth-order valence-electron chi connectivity index (χ4n) is 1.85. The average molecular weight is 403 g/mol. The van der Waals surface area contributed by atoms with Crippen LogP contribution in [0.3, 0.4) is 0 Å². The average Bonchev–Trinajstić information content (AvgIpc) is 2.40. The van der Waals surface area contributed by atoms with Gasteiger partial charge in [0, 0.05) is 39.0 Å². The Morgan fingerprint density at radius 1 is 1.63 bits per heavy atom. The third kappa shape index (κ3) is 7.01. The third-order valence-electron chi connectivity index (χ3n) is 2.95. The summed E-state index contributed by atoms with van der Waals surface area (Å²) in [5.74, 6) is 0.959. The highest BCUT2D eigenvalue weighted by molar-refractivity contribution is 14.0. The number of nitrogens with zero attached hydrogens (tertiary/aromatic N) is 2. The van der Waals surface area contributed by atoms with Gasteiger partial charge in [0.2, 0.25) is 0 Å². The zero-order valence-electron chi connectivity index (χ0n) is 12.2. The molecular weight excluding hydrogens is 377 g/mol. The van der Waals surface area contributed by atoms with Gasteiger partial charge in [0.15, 0.2) is 5.96 Å². The Kier molecular flexibility index (Phi) is 11.1. The molecule has 2 unspecified atom stereocenters. The van der Waals surface area contributed by atoms with E-state index in [1.807, 2.05) is 18.8 Å². The van der Waals surface area contributed by atoms with Gasteiger partial charge in [-0.25, -0.2) is 0 Å². The van der Waals surface area contributed by atoms with E-state index in [4.69, 9.17) is 9.47 Å². The lowest BCUT2D eigenvalue weighted by molar-refractivity contribution is -0.0447. The van der Waals surface area contributed by atoms with Crippen LogP contribution in [0.1, 0.15) is 6.92 Å². The molecule has 114 valence electrons. The van der Waals surface area contributed by atoms with Crippen molar-refractivity contribution in [1.29, 1.82) is 0 Å². The van der Waals surface area contributed by atoms with E-state index in [0.717, 1.165) is 32.2 Å². The number of methoxy groups -OCH3 is 1. The van der Waals surface area contributed by atoms with Crippen LogP contribution < -0.4 is 5.32 Å². The number of hydrogen-bond donors (Lipinski definition) is 1. The number of nitrogens with one attached hydrogen (secondary N) is 1. The van der Waals surface area contributed by atoms with E-state index < -0.39 is 0 Å². The molecule has 0 saturated carbocycles. The van der Waals surface area contributed by atoms with Crippen molar-refractivity contribution in [2.75, 3.05) is 53.3 Å². The van der Waals surface area contributed by atoms with Gasteiger partial charge in [0.1, 0.15) is 0 Å². The largest absolute Gasteiger partial charge is 0.382 e. The second-order valence-corrected chi connectivity index (χ2v) is 5.64. The van der Waals surface area contributed by atoms with Crippen molar-refractivity contribution in [2.24, 2.45) is 4.99 Å². The summed E-state index contributed by atoms with van der Waals surface area (Å²) in [7, 11) is 3.53. The highest BCUT2D eigenvalue weighted by Crippen LogP contribution is 2.07. The number of ether oxygens (including phenoxy) is 2. The lowest BCUT2D eigenvalue weighted by atomic mass is 10.3. The lowest BCUT2D eigenvalue weighted by Gasteiger charge is -2.35. The van der Waals surface area contributed by atoms with Gasteiger partial charge in [0.05, 0.1) is 19.3 Å². The van der Waals surface area contributed by atoms with E-state index in [0.29, 0.717) is 11.9 Å². The molecule has 0 aliphatic carbocycles. The number of guanidine groups is 1. The van der Waals surface area contributed by atoms with E-state index >= 15 is 0 Å². The molecule has 0 aromatic carbocycles. The molecule has 1 heterocycles. The topological polar surface area (TPSA) is 46.1 Å². The van der Waals surface area contributed by atoms with Crippen molar-refractivity contribution >= 4 is 41.7 Å². The van der Waals surface area contributed by atoms with Crippen molar-refractivity contribution in [3.8, 4) is 0 Å². The maximum absolute atomic E-state index is 5.64. The Morgan fingerprint density at radius 2 is 2.37 bits per heavy atom. The minimum atomic E-state index is 0. The fraction of sp³-hybridized carbons (Fsp3) is 0.917. The molecule has 0 aromatic rings. The van der Waals surface area contributed by atoms with Crippen LogP contribution in [-0.2, 0) is 9.47 Å². The summed E-state index contributed by atoms with van der Waals surface area (Å²) < 4.78 is 10.8. The second kappa shape index (κ2) is 11.0. The van der Waals surface area contributed by atoms with E-state index in [1.54, 1.807) is 7.11 Å². The number of thioether (sulfide) groups is 1. The van der Waals surface area contributed by atoms with Crippen molar-refractivity contribution in [2.45, 2.75) is 18.3 Å². The summed E-state index contributed by atoms with van der Waals surface area (Å²) in [6, 6.07) is 0. The van der Waals surface area contributed by atoms with E-state index in [-0.39, 0.29) is 30.1 Å². The lowest BCUT2D eigenvalue weighted by Crippen LogP contribution is -2.52. The van der Waals surface area contributed by atoms with Gasteiger partial charge < -0.3 is 19.7 Å². The Bertz CT molecular complexity index is 267. The smallest absolute Gasteiger partial charge is 0.193 e. The molecule has 0 bridgehead atoms. The molecule has 1 N–H and O–H groups in total. The Labute approximate surface area is 137 Å². The third-order valence-corrected chi connectivity index (χ3v) is 3.92. The van der Waals surface area contributed by atoms with Gasteiger partial charge in [-0.1, -0.05) is 6.92 Å². The normalized spacial score (nSPS) is 21.8. The van der Waals surface area contributed by atoms with Crippen molar-refractivity contribution in [3.63, 3.8) is 0 Å². The molecule has 0 spiro atoms. The van der Waals surface area contributed by atoms with E-state index in [9.17, 15) is 0 Å². The van der Waals surface area contributed by atoms with Crippen molar-refractivity contribution in [3.05, 3.63) is 0 Å². The maximum atomic E-state index is 5.64. The van der Waals surface area contributed by atoms with Gasteiger partial charge in [-0.15, -0.1) is 24.0 Å². The molecular formula is C12H26IN3O2S. The first-order chi connectivity index (χ1) is 8.71. The second-order valence-electron chi connectivity index (χ2n) is 4.37. The molecule has 1 rings (SSSR count). The fourth-order valence-corrected chi connectivity index (χ4v) is 2.10. The summed E-state index contributed by atoms with van der Waals surface area (Å²) in [6.45, 7) is 6.22.